The summed E-state index contributed by atoms with van der Waals surface area (Å²) < 4.78 is 28.3. The van der Waals surface area contributed by atoms with Crippen molar-refractivity contribution in [2.24, 2.45) is 0 Å². The molecule has 388 valence electrons. The minimum atomic E-state index is -1.90. The van der Waals surface area contributed by atoms with Crippen molar-refractivity contribution in [3.63, 3.8) is 0 Å². The molecule has 1 heterocycles. The summed E-state index contributed by atoms with van der Waals surface area (Å²) in [5, 5.41) is 31.3. The third-order valence-electron chi connectivity index (χ3n) is 12.2. The topological polar surface area (TPSA) is 175 Å². The van der Waals surface area contributed by atoms with Gasteiger partial charge in [-0.25, -0.2) is 4.79 Å². The van der Waals surface area contributed by atoms with Gasteiger partial charge >= 0.3 is 23.9 Å². The Morgan fingerprint density at radius 3 is 1.43 bits per heavy atom. The maximum absolute atomic E-state index is 13.0. The predicted octanol–water partition coefficient (Wildman–Crippen LogP) is 12.9. The van der Waals surface area contributed by atoms with Gasteiger partial charge in [-0.2, -0.15) is 0 Å². The van der Waals surface area contributed by atoms with Crippen LogP contribution in [0.5, 0.6) is 0 Å². The van der Waals surface area contributed by atoms with Gasteiger partial charge in [-0.05, 0) is 70.6 Å². The second-order valence-electron chi connectivity index (χ2n) is 18.5. The number of allylic oxidation sites excluding steroid dienone is 6. The monoisotopic (exact) mass is 949 g/mol. The van der Waals surface area contributed by atoms with Crippen LogP contribution in [0, 0.1) is 0 Å². The van der Waals surface area contributed by atoms with Crippen molar-refractivity contribution < 1.29 is 58.2 Å². The largest absolute Gasteiger partial charge is 0.479 e. The Labute approximate surface area is 406 Å². The Bertz CT molecular complexity index is 1310. The van der Waals surface area contributed by atoms with E-state index in [4.69, 9.17) is 23.7 Å². The molecule has 0 radical (unpaired) electrons. The lowest BCUT2D eigenvalue weighted by Crippen LogP contribution is -2.61. The zero-order valence-corrected chi connectivity index (χ0v) is 42.4. The average Bonchev–Trinajstić information content (AvgIpc) is 3.31. The number of aliphatic hydroxyl groups excluding tert-OH is 2. The quantitative estimate of drug-likeness (QED) is 0.0228. The Hall–Kier alpha value is -3.06. The molecule has 0 aromatic rings. The fourth-order valence-corrected chi connectivity index (χ4v) is 7.97. The zero-order chi connectivity index (χ0) is 49.0. The summed E-state index contributed by atoms with van der Waals surface area (Å²) in [5.74, 6) is -3.14. The molecule has 3 N–H and O–H groups in total. The van der Waals surface area contributed by atoms with Gasteiger partial charge in [0.1, 0.15) is 18.8 Å². The predicted molar refractivity (Wildman–Crippen MR) is 266 cm³/mol. The Kier molecular flexibility index (Phi) is 40.8. The highest BCUT2D eigenvalue weighted by molar-refractivity contribution is 5.74. The summed E-state index contributed by atoms with van der Waals surface area (Å²) in [4.78, 5) is 50.8. The van der Waals surface area contributed by atoms with Gasteiger partial charge in [-0.15, -0.1) is 0 Å². The number of aliphatic carboxylic acids is 1. The molecular formula is C55H96O12. The van der Waals surface area contributed by atoms with E-state index in [0.717, 1.165) is 103 Å². The molecular weight excluding hydrogens is 853 g/mol. The molecule has 1 aliphatic rings. The molecule has 1 aliphatic heterocycles. The number of aliphatic hydroxyl groups is 2. The minimum Gasteiger partial charge on any atom is -0.479 e. The molecule has 0 bridgehead atoms. The maximum Gasteiger partial charge on any atom is 0.335 e. The summed E-state index contributed by atoms with van der Waals surface area (Å²) in [6, 6.07) is 0. The van der Waals surface area contributed by atoms with Gasteiger partial charge in [0.05, 0.1) is 6.61 Å². The van der Waals surface area contributed by atoms with E-state index in [1.165, 1.54) is 77.0 Å². The molecule has 1 saturated heterocycles. The van der Waals surface area contributed by atoms with Crippen molar-refractivity contribution >= 4 is 23.9 Å². The number of rotatable bonds is 45. The van der Waals surface area contributed by atoms with Crippen LogP contribution in [-0.4, -0.2) is 89.2 Å². The average molecular weight is 949 g/mol. The number of carboxylic acids is 1. The highest BCUT2D eigenvalue weighted by Crippen LogP contribution is 2.26. The second kappa shape index (κ2) is 44.2. The number of carbonyl (C=O) groups excluding carboxylic acids is 3. The van der Waals surface area contributed by atoms with Crippen LogP contribution < -0.4 is 0 Å². The van der Waals surface area contributed by atoms with Crippen LogP contribution >= 0.6 is 0 Å². The van der Waals surface area contributed by atoms with Crippen LogP contribution in [0.25, 0.3) is 0 Å². The third kappa shape index (κ3) is 34.8. The van der Waals surface area contributed by atoms with Crippen molar-refractivity contribution in [1.29, 1.82) is 0 Å². The fraction of sp³-hybridized carbons (Fsp3) is 0.818. The highest BCUT2D eigenvalue weighted by Gasteiger charge is 2.50. The van der Waals surface area contributed by atoms with Crippen LogP contribution in [0.3, 0.4) is 0 Å². The number of carbonyl (C=O) groups is 4. The van der Waals surface area contributed by atoms with Crippen LogP contribution in [0.4, 0.5) is 0 Å². The molecule has 0 aromatic heterocycles. The van der Waals surface area contributed by atoms with E-state index in [9.17, 15) is 34.5 Å². The lowest BCUT2D eigenvalue weighted by Gasteiger charge is -2.40. The van der Waals surface area contributed by atoms with E-state index in [0.29, 0.717) is 19.3 Å². The third-order valence-corrected chi connectivity index (χ3v) is 12.2. The van der Waals surface area contributed by atoms with E-state index in [1.807, 2.05) is 0 Å². The van der Waals surface area contributed by atoms with Gasteiger partial charge in [0.15, 0.2) is 24.6 Å². The van der Waals surface area contributed by atoms with Crippen molar-refractivity contribution in [3.8, 4) is 0 Å². The fourth-order valence-electron chi connectivity index (χ4n) is 7.97. The molecule has 12 nitrogen and oxygen atoms in total. The first-order valence-electron chi connectivity index (χ1n) is 27.0. The van der Waals surface area contributed by atoms with E-state index in [-0.39, 0.29) is 25.9 Å². The molecule has 6 unspecified atom stereocenters. The van der Waals surface area contributed by atoms with E-state index in [1.54, 1.807) is 0 Å². The molecule has 1 fully saturated rings. The van der Waals surface area contributed by atoms with Crippen molar-refractivity contribution in [2.75, 3.05) is 13.2 Å². The minimum absolute atomic E-state index is 0.0462. The summed E-state index contributed by atoms with van der Waals surface area (Å²) in [6.07, 6.45) is 37.0. The first kappa shape index (κ1) is 62.0. The highest BCUT2D eigenvalue weighted by atomic mass is 16.7. The molecule has 0 aromatic carbocycles. The first-order valence-corrected chi connectivity index (χ1v) is 27.0. The lowest BCUT2D eigenvalue weighted by atomic mass is 9.98. The van der Waals surface area contributed by atoms with Crippen LogP contribution in [0.1, 0.15) is 239 Å². The number of esters is 3. The summed E-state index contributed by atoms with van der Waals surface area (Å²) in [7, 11) is 0. The normalized spacial score (nSPS) is 19.1. The number of hydrogen-bond donors (Lipinski definition) is 3. The van der Waals surface area contributed by atoms with Gasteiger partial charge < -0.3 is 39.0 Å². The molecule has 67 heavy (non-hydrogen) atoms. The van der Waals surface area contributed by atoms with Crippen molar-refractivity contribution in [1.82, 2.24) is 0 Å². The van der Waals surface area contributed by atoms with Crippen molar-refractivity contribution in [2.45, 2.75) is 276 Å². The Morgan fingerprint density at radius 1 is 0.493 bits per heavy atom. The van der Waals surface area contributed by atoms with Gasteiger partial charge in [0, 0.05) is 19.3 Å². The maximum atomic E-state index is 13.0. The number of unbranched alkanes of at least 4 members (excludes halogenated alkanes) is 25. The summed E-state index contributed by atoms with van der Waals surface area (Å²) >= 11 is 0. The summed E-state index contributed by atoms with van der Waals surface area (Å²) in [6.45, 7) is 5.89. The second-order valence-corrected chi connectivity index (χ2v) is 18.5. The van der Waals surface area contributed by atoms with Crippen LogP contribution in [0.15, 0.2) is 36.5 Å². The van der Waals surface area contributed by atoms with Gasteiger partial charge in [-0.1, -0.05) is 186 Å². The van der Waals surface area contributed by atoms with E-state index in [2.05, 4.69) is 57.2 Å². The first-order chi connectivity index (χ1) is 32.6. The molecule has 0 aliphatic carbocycles. The zero-order valence-electron chi connectivity index (χ0n) is 42.4. The van der Waals surface area contributed by atoms with Gasteiger partial charge in [0.25, 0.3) is 0 Å². The van der Waals surface area contributed by atoms with Crippen LogP contribution in [-0.2, 0) is 42.9 Å². The lowest BCUT2D eigenvalue weighted by molar-refractivity contribution is -0.301. The smallest absolute Gasteiger partial charge is 0.335 e. The Balaban J connectivity index is 2.72. The molecule has 0 amide bonds. The number of carboxylic acid groups (broad SMARTS) is 1. The number of hydrogen-bond acceptors (Lipinski definition) is 11. The SMILES string of the molecule is CCCC/C=C\CCCCCCCC(=O)OCC(COC1OC(C(=O)O)C(O)C(O)C1OC(=O)CCCCCCC/C=C\C/C=C\CCCCC)OC(=O)CCCCCCCCCCCCC. The van der Waals surface area contributed by atoms with E-state index >= 15 is 0 Å². The molecule has 6 atom stereocenters. The summed E-state index contributed by atoms with van der Waals surface area (Å²) in [5.41, 5.74) is 0. The van der Waals surface area contributed by atoms with Gasteiger partial charge in [-0.3, -0.25) is 14.4 Å². The molecule has 0 spiro atoms. The standard InChI is InChI=1S/C55H96O12/c1-4-7-10-13-16-19-22-23-24-25-28-31-34-37-40-43-49(58)66-53-51(60)50(59)52(54(61)62)67-55(53)64-45-46(65-48(57)42-39-36-33-30-27-21-18-15-12-9-6-3)44-63-47(56)41-38-35-32-29-26-20-17-14-11-8-5-2/h14,16-17,19,23-24,46,50-53,55,59-60H,4-13,15,18,20-22,25-45H2,1-3H3,(H,61,62)/b17-14-,19-16-,24-23-. The van der Waals surface area contributed by atoms with E-state index < -0.39 is 67.3 Å². The van der Waals surface area contributed by atoms with Crippen LogP contribution in [0.2, 0.25) is 0 Å². The van der Waals surface area contributed by atoms with Gasteiger partial charge in [0.2, 0.25) is 0 Å². The molecule has 12 heteroatoms. The number of ether oxygens (including phenoxy) is 5. The Morgan fingerprint density at radius 2 is 0.910 bits per heavy atom. The molecule has 0 saturated carbocycles. The molecule has 1 rings (SSSR count). The van der Waals surface area contributed by atoms with Crippen molar-refractivity contribution in [3.05, 3.63) is 36.5 Å².